The minimum absolute atomic E-state index is 0.0252. The number of nitrogens with zero attached hydrogens (tertiary/aromatic N) is 1. The van der Waals surface area contributed by atoms with Crippen LogP contribution in [-0.2, 0) is 0 Å². The molecular formula is C16H22ClNO. The zero-order chi connectivity index (χ0) is 13.8. The predicted octanol–water partition coefficient (Wildman–Crippen LogP) is 4.70. The van der Waals surface area contributed by atoms with Crippen molar-refractivity contribution in [1.82, 2.24) is 0 Å². The molecule has 1 aromatic carbocycles. The molecule has 0 saturated heterocycles. The highest BCUT2D eigenvalue weighted by Crippen LogP contribution is 2.30. The SMILES string of the molecule is CCN(c1ccc(C(C)=O)c(Cl)c1)C1CCCCC1. The molecule has 0 heterocycles. The quantitative estimate of drug-likeness (QED) is 0.745. The van der Waals surface area contributed by atoms with Gasteiger partial charge in [-0.25, -0.2) is 0 Å². The standard InChI is InChI=1S/C16H22ClNO/c1-3-18(13-7-5-4-6-8-13)14-9-10-15(12(2)19)16(17)11-14/h9-11,13H,3-8H2,1-2H3. The van der Waals surface area contributed by atoms with Crippen LogP contribution in [0.5, 0.6) is 0 Å². The highest BCUT2D eigenvalue weighted by Gasteiger charge is 2.21. The summed E-state index contributed by atoms with van der Waals surface area (Å²) in [5.41, 5.74) is 1.76. The lowest BCUT2D eigenvalue weighted by molar-refractivity contribution is 0.101. The van der Waals surface area contributed by atoms with Crippen LogP contribution < -0.4 is 4.90 Å². The molecule has 0 N–H and O–H groups in total. The van der Waals surface area contributed by atoms with E-state index in [1.54, 1.807) is 6.92 Å². The average Bonchev–Trinajstić information content (AvgIpc) is 2.40. The van der Waals surface area contributed by atoms with Crippen molar-refractivity contribution in [1.29, 1.82) is 0 Å². The van der Waals surface area contributed by atoms with Gasteiger partial charge in [-0.1, -0.05) is 30.9 Å². The Kier molecular flexibility index (Phi) is 4.87. The lowest BCUT2D eigenvalue weighted by atomic mass is 9.93. The van der Waals surface area contributed by atoms with Crippen molar-refractivity contribution >= 4 is 23.1 Å². The number of carbonyl (C=O) groups is 1. The lowest BCUT2D eigenvalue weighted by Crippen LogP contribution is -2.36. The summed E-state index contributed by atoms with van der Waals surface area (Å²) in [6.45, 7) is 4.72. The van der Waals surface area contributed by atoms with Crippen LogP contribution >= 0.6 is 11.6 Å². The molecule has 1 saturated carbocycles. The fraction of sp³-hybridized carbons (Fsp3) is 0.562. The van der Waals surface area contributed by atoms with Gasteiger partial charge in [0.2, 0.25) is 0 Å². The average molecular weight is 280 g/mol. The van der Waals surface area contributed by atoms with E-state index in [9.17, 15) is 4.79 Å². The number of hydrogen-bond donors (Lipinski definition) is 0. The van der Waals surface area contributed by atoms with Crippen molar-refractivity contribution < 1.29 is 4.79 Å². The number of rotatable bonds is 4. The number of benzene rings is 1. The number of hydrogen-bond acceptors (Lipinski definition) is 2. The summed E-state index contributed by atoms with van der Waals surface area (Å²) in [6.07, 6.45) is 6.53. The molecule has 1 fully saturated rings. The van der Waals surface area contributed by atoms with E-state index < -0.39 is 0 Å². The van der Waals surface area contributed by atoms with Crippen LogP contribution in [0.25, 0.3) is 0 Å². The Bertz CT molecular complexity index is 452. The lowest BCUT2D eigenvalue weighted by Gasteiger charge is -2.35. The van der Waals surface area contributed by atoms with E-state index in [-0.39, 0.29) is 5.78 Å². The van der Waals surface area contributed by atoms with Gasteiger partial charge in [-0.2, -0.15) is 0 Å². The van der Waals surface area contributed by atoms with Crippen molar-refractivity contribution in [3.8, 4) is 0 Å². The number of anilines is 1. The van der Waals surface area contributed by atoms with E-state index in [1.165, 1.54) is 32.1 Å². The largest absolute Gasteiger partial charge is 0.369 e. The van der Waals surface area contributed by atoms with E-state index in [0.29, 0.717) is 16.6 Å². The molecule has 0 spiro atoms. The smallest absolute Gasteiger partial charge is 0.161 e. The highest BCUT2D eigenvalue weighted by atomic mass is 35.5. The van der Waals surface area contributed by atoms with Crippen molar-refractivity contribution in [3.63, 3.8) is 0 Å². The Balaban J connectivity index is 2.23. The van der Waals surface area contributed by atoms with Crippen LogP contribution in [0.1, 0.15) is 56.3 Å². The van der Waals surface area contributed by atoms with Crippen LogP contribution in [0.2, 0.25) is 5.02 Å². The van der Waals surface area contributed by atoms with Gasteiger partial charge < -0.3 is 4.90 Å². The number of ketones is 1. The first-order valence-electron chi connectivity index (χ1n) is 7.20. The third-order valence-corrected chi connectivity index (χ3v) is 4.33. The monoisotopic (exact) mass is 279 g/mol. The summed E-state index contributed by atoms with van der Waals surface area (Å²) in [7, 11) is 0. The molecule has 0 atom stereocenters. The van der Waals surface area contributed by atoms with E-state index in [2.05, 4.69) is 11.8 Å². The second kappa shape index (κ2) is 6.42. The molecule has 2 nitrogen and oxygen atoms in total. The molecule has 1 aromatic rings. The molecule has 3 heteroatoms. The maximum absolute atomic E-state index is 11.4. The third-order valence-electron chi connectivity index (χ3n) is 4.02. The Morgan fingerprint density at radius 3 is 2.53 bits per heavy atom. The number of halogens is 1. The Labute approximate surface area is 120 Å². The van der Waals surface area contributed by atoms with Crippen LogP contribution in [0.4, 0.5) is 5.69 Å². The Hall–Kier alpha value is -1.02. The van der Waals surface area contributed by atoms with Gasteiger partial charge in [-0.05, 0) is 44.9 Å². The molecule has 0 bridgehead atoms. The van der Waals surface area contributed by atoms with Gasteiger partial charge in [0.15, 0.2) is 5.78 Å². The summed E-state index contributed by atoms with van der Waals surface area (Å²) < 4.78 is 0. The first-order chi connectivity index (χ1) is 9.13. The summed E-state index contributed by atoms with van der Waals surface area (Å²) in [5.74, 6) is 0.0252. The van der Waals surface area contributed by atoms with Gasteiger partial charge in [0.1, 0.15) is 0 Å². The van der Waals surface area contributed by atoms with Gasteiger partial charge >= 0.3 is 0 Å². The normalized spacial score (nSPS) is 16.4. The van der Waals surface area contributed by atoms with Gasteiger partial charge in [0, 0.05) is 23.8 Å². The van der Waals surface area contributed by atoms with Crippen LogP contribution in [0, 0.1) is 0 Å². The molecule has 1 aliphatic rings. The zero-order valence-electron chi connectivity index (χ0n) is 11.8. The second-order valence-corrected chi connectivity index (χ2v) is 5.71. The number of Topliss-reactive ketones (excluding diaryl/α,β-unsaturated/α-hetero) is 1. The molecule has 2 rings (SSSR count). The maximum Gasteiger partial charge on any atom is 0.161 e. The van der Waals surface area contributed by atoms with Crippen molar-refractivity contribution in [2.45, 2.75) is 52.0 Å². The minimum atomic E-state index is 0.0252. The van der Waals surface area contributed by atoms with E-state index in [1.807, 2.05) is 18.2 Å². The summed E-state index contributed by atoms with van der Waals surface area (Å²) in [6, 6.07) is 6.45. The molecular weight excluding hydrogens is 258 g/mol. The van der Waals surface area contributed by atoms with E-state index in [4.69, 9.17) is 11.6 Å². The molecule has 0 radical (unpaired) electrons. The van der Waals surface area contributed by atoms with Gasteiger partial charge in [0.25, 0.3) is 0 Å². The number of carbonyl (C=O) groups excluding carboxylic acids is 1. The molecule has 104 valence electrons. The molecule has 1 aliphatic carbocycles. The summed E-state index contributed by atoms with van der Waals surface area (Å²) in [5, 5.41) is 0.569. The second-order valence-electron chi connectivity index (χ2n) is 5.30. The Morgan fingerprint density at radius 2 is 2.00 bits per heavy atom. The van der Waals surface area contributed by atoms with Crippen molar-refractivity contribution in [3.05, 3.63) is 28.8 Å². The molecule has 0 aliphatic heterocycles. The molecule has 19 heavy (non-hydrogen) atoms. The topological polar surface area (TPSA) is 20.3 Å². The predicted molar refractivity (Wildman–Crippen MR) is 81.3 cm³/mol. The summed E-state index contributed by atoms with van der Waals surface area (Å²) in [4.78, 5) is 13.8. The van der Waals surface area contributed by atoms with Crippen molar-refractivity contribution in [2.75, 3.05) is 11.4 Å². The maximum atomic E-state index is 11.4. The van der Waals surface area contributed by atoms with E-state index >= 15 is 0 Å². The minimum Gasteiger partial charge on any atom is -0.369 e. The van der Waals surface area contributed by atoms with Gasteiger partial charge in [-0.3, -0.25) is 4.79 Å². The fourth-order valence-corrected chi connectivity index (χ4v) is 3.32. The van der Waals surface area contributed by atoms with Crippen LogP contribution in [0.3, 0.4) is 0 Å². The van der Waals surface area contributed by atoms with Crippen LogP contribution in [-0.4, -0.2) is 18.4 Å². The van der Waals surface area contributed by atoms with Gasteiger partial charge in [-0.15, -0.1) is 0 Å². The Morgan fingerprint density at radius 1 is 1.32 bits per heavy atom. The third kappa shape index (κ3) is 3.30. The van der Waals surface area contributed by atoms with E-state index in [0.717, 1.165) is 12.2 Å². The fourth-order valence-electron chi connectivity index (χ4n) is 3.01. The van der Waals surface area contributed by atoms with Crippen LogP contribution in [0.15, 0.2) is 18.2 Å². The molecule has 0 amide bonds. The highest BCUT2D eigenvalue weighted by molar-refractivity contribution is 6.34. The van der Waals surface area contributed by atoms with Crippen molar-refractivity contribution in [2.24, 2.45) is 0 Å². The summed E-state index contributed by atoms with van der Waals surface area (Å²) >= 11 is 6.22. The zero-order valence-corrected chi connectivity index (χ0v) is 12.5. The first kappa shape index (κ1) is 14.4. The first-order valence-corrected chi connectivity index (χ1v) is 7.58. The molecule has 0 aromatic heterocycles. The van der Waals surface area contributed by atoms with Gasteiger partial charge in [0.05, 0.1) is 5.02 Å². The molecule has 0 unspecified atom stereocenters.